The van der Waals surface area contributed by atoms with E-state index in [0.29, 0.717) is 11.6 Å². The van der Waals surface area contributed by atoms with Gasteiger partial charge in [-0.3, -0.25) is 9.78 Å². The van der Waals surface area contributed by atoms with Gasteiger partial charge >= 0.3 is 0 Å². The minimum absolute atomic E-state index is 0.115. The maximum atomic E-state index is 11.6. The molecule has 1 N–H and O–H groups in total. The summed E-state index contributed by atoms with van der Waals surface area (Å²) in [5.41, 5.74) is 2.01. The molecule has 0 bridgehead atoms. The Balaban J connectivity index is 1.77. The van der Waals surface area contributed by atoms with Gasteiger partial charge in [0.05, 0.1) is 0 Å². The Bertz CT molecular complexity index is 596. The number of hydrogen-bond donors (Lipinski definition) is 1. The predicted molar refractivity (Wildman–Crippen MR) is 81.4 cm³/mol. The molecule has 0 atom stereocenters. The Hall–Kier alpha value is -2.13. The van der Waals surface area contributed by atoms with Gasteiger partial charge in [-0.2, -0.15) is 0 Å². The van der Waals surface area contributed by atoms with Crippen LogP contribution in [-0.4, -0.2) is 17.4 Å². The summed E-state index contributed by atoms with van der Waals surface area (Å²) in [5, 5.41) is 3.54. The lowest BCUT2D eigenvalue weighted by atomic mass is 10.1. The summed E-state index contributed by atoms with van der Waals surface area (Å²) in [4.78, 5) is 15.6. The highest BCUT2D eigenvalue weighted by molar-refractivity contribution is 6.30. The van der Waals surface area contributed by atoms with Crippen LogP contribution in [0.25, 0.3) is 6.08 Å². The van der Waals surface area contributed by atoms with Crippen molar-refractivity contribution in [2.45, 2.75) is 6.42 Å². The number of rotatable bonds is 5. The lowest BCUT2D eigenvalue weighted by Crippen LogP contribution is -2.23. The molecule has 1 amide bonds. The first-order chi connectivity index (χ1) is 9.74. The lowest BCUT2D eigenvalue weighted by molar-refractivity contribution is -0.116. The SMILES string of the molecule is O=C(C=Cc1cccnc1)NCCc1cccc(Cl)c1. The molecule has 0 saturated carbocycles. The molecule has 3 nitrogen and oxygen atoms in total. The first-order valence-corrected chi connectivity index (χ1v) is 6.72. The van der Waals surface area contributed by atoms with Crippen LogP contribution in [0.4, 0.5) is 0 Å². The average Bonchev–Trinajstić information content (AvgIpc) is 2.46. The number of amides is 1. The van der Waals surface area contributed by atoms with Crippen LogP contribution < -0.4 is 5.32 Å². The third-order valence-electron chi connectivity index (χ3n) is 2.71. The Kier molecular flexibility index (Phi) is 5.33. The van der Waals surface area contributed by atoms with Gasteiger partial charge < -0.3 is 5.32 Å². The molecule has 102 valence electrons. The van der Waals surface area contributed by atoms with Crippen molar-refractivity contribution < 1.29 is 4.79 Å². The number of benzene rings is 1. The maximum absolute atomic E-state index is 11.6. The second kappa shape index (κ2) is 7.46. The molecule has 0 radical (unpaired) electrons. The molecule has 2 aromatic rings. The number of carbonyl (C=O) groups excluding carboxylic acids is 1. The average molecular weight is 287 g/mol. The molecular weight excluding hydrogens is 272 g/mol. The monoisotopic (exact) mass is 286 g/mol. The van der Waals surface area contributed by atoms with Crippen LogP contribution in [0.2, 0.25) is 5.02 Å². The third kappa shape index (κ3) is 4.86. The van der Waals surface area contributed by atoms with Crippen LogP contribution in [0.1, 0.15) is 11.1 Å². The van der Waals surface area contributed by atoms with Gasteiger partial charge in [0, 0.05) is 30.0 Å². The highest BCUT2D eigenvalue weighted by Gasteiger charge is 1.97. The molecule has 0 aliphatic heterocycles. The smallest absolute Gasteiger partial charge is 0.244 e. The number of halogens is 1. The van der Waals surface area contributed by atoms with Crippen molar-refractivity contribution in [3.8, 4) is 0 Å². The normalized spacial score (nSPS) is 10.7. The fraction of sp³-hybridized carbons (Fsp3) is 0.125. The quantitative estimate of drug-likeness (QED) is 0.858. The van der Waals surface area contributed by atoms with Crippen molar-refractivity contribution >= 4 is 23.6 Å². The first kappa shape index (κ1) is 14.3. The van der Waals surface area contributed by atoms with E-state index >= 15 is 0 Å². The van der Waals surface area contributed by atoms with Gasteiger partial charge in [0.25, 0.3) is 0 Å². The van der Waals surface area contributed by atoms with Gasteiger partial charge in [-0.25, -0.2) is 0 Å². The van der Waals surface area contributed by atoms with Crippen molar-refractivity contribution in [1.29, 1.82) is 0 Å². The minimum Gasteiger partial charge on any atom is -0.352 e. The summed E-state index contributed by atoms with van der Waals surface area (Å²) in [6, 6.07) is 11.4. The Labute approximate surface area is 123 Å². The largest absolute Gasteiger partial charge is 0.352 e. The van der Waals surface area contributed by atoms with E-state index in [9.17, 15) is 4.79 Å². The topological polar surface area (TPSA) is 42.0 Å². The summed E-state index contributed by atoms with van der Waals surface area (Å²) in [5.74, 6) is -0.115. The highest BCUT2D eigenvalue weighted by Crippen LogP contribution is 2.10. The number of pyridine rings is 1. The molecule has 2 rings (SSSR count). The summed E-state index contributed by atoms with van der Waals surface area (Å²) in [6.45, 7) is 0.580. The van der Waals surface area contributed by atoms with E-state index in [-0.39, 0.29) is 5.91 Å². The summed E-state index contributed by atoms with van der Waals surface area (Å²) >= 11 is 5.90. The minimum atomic E-state index is -0.115. The number of aromatic nitrogens is 1. The molecule has 0 aliphatic rings. The molecular formula is C16H15ClN2O. The van der Waals surface area contributed by atoms with Crippen molar-refractivity contribution in [2.24, 2.45) is 0 Å². The van der Waals surface area contributed by atoms with Gasteiger partial charge in [0.2, 0.25) is 5.91 Å². The van der Waals surface area contributed by atoms with Gasteiger partial charge in [-0.15, -0.1) is 0 Å². The van der Waals surface area contributed by atoms with Crippen molar-refractivity contribution in [1.82, 2.24) is 10.3 Å². The molecule has 4 heteroatoms. The molecule has 0 saturated heterocycles. The summed E-state index contributed by atoms with van der Waals surface area (Å²) in [6.07, 6.45) is 7.40. The zero-order chi connectivity index (χ0) is 14.2. The van der Waals surface area contributed by atoms with Crippen LogP contribution >= 0.6 is 11.6 Å². The standard InChI is InChI=1S/C16H15ClN2O/c17-15-5-1-3-13(11-15)8-10-19-16(20)7-6-14-4-2-9-18-12-14/h1-7,9,11-12H,8,10H2,(H,19,20). The number of carbonyl (C=O) groups is 1. The number of nitrogens with zero attached hydrogens (tertiary/aromatic N) is 1. The van der Waals surface area contributed by atoms with E-state index in [0.717, 1.165) is 17.5 Å². The van der Waals surface area contributed by atoms with Crippen molar-refractivity contribution in [3.63, 3.8) is 0 Å². The second-order valence-corrected chi connectivity index (χ2v) is 4.73. The van der Waals surface area contributed by atoms with E-state index in [4.69, 9.17) is 11.6 Å². The van der Waals surface area contributed by atoms with E-state index in [1.807, 2.05) is 36.4 Å². The zero-order valence-electron chi connectivity index (χ0n) is 10.9. The fourth-order valence-electron chi connectivity index (χ4n) is 1.73. The molecule has 1 heterocycles. The Morgan fingerprint density at radius 3 is 2.95 bits per heavy atom. The Morgan fingerprint density at radius 1 is 1.30 bits per heavy atom. The molecule has 0 fully saturated rings. The predicted octanol–water partition coefficient (Wildman–Crippen LogP) is 3.11. The molecule has 0 aliphatic carbocycles. The van der Waals surface area contributed by atoms with E-state index < -0.39 is 0 Å². The van der Waals surface area contributed by atoms with Crippen LogP contribution in [0.3, 0.4) is 0 Å². The lowest BCUT2D eigenvalue weighted by Gasteiger charge is -2.03. The van der Waals surface area contributed by atoms with E-state index in [2.05, 4.69) is 10.3 Å². The van der Waals surface area contributed by atoms with Gasteiger partial charge in [0.15, 0.2) is 0 Å². The van der Waals surface area contributed by atoms with Crippen LogP contribution in [0.5, 0.6) is 0 Å². The van der Waals surface area contributed by atoms with Crippen molar-refractivity contribution in [3.05, 3.63) is 71.0 Å². The van der Waals surface area contributed by atoms with Crippen LogP contribution in [0.15, 0.2) is 54.9 Å². The van der Waals surface area contributed by atoms with Gasteiger partial charge in [0.1, 0.15) is 0 Å². The third-order valence-corrected chi connectivity index (χ3v) is 2.95. The summed E-state index contributed by atoms with van der Waals surface area (Å²) < 4.78 is 0. The van der Waals surface area contributed by atoms with Crippen LogP contribution in [-0.2, 0) is 11.2 Å². The number of nitrogens with one attached hydrogen (secondary N) is 1. The molecule has 0 spiro atoms. The number of hydrogen-bond acceptors (Lipinski definition) is 2. The van der Waals surface area contributed by atoms with Crippen molar-refractivity contribution in [2.75, 3.05) is 6.54 Å². The zero-order valence-corrected chi connectivity index (χ0v) is 11.7. The highest BCUT2D eigenvalue weighted by atomic mass is 35.5. The molecule has 0 unspecified atom stereocenters. The molecule has 20 heavy (non-hydrogen) atoms. The van der Waals surface area contributed by atoms with Gasteiger partial charge in [-0.05, 0) is 41.8 Å². The van der Waals surface area contributed by atoms with E-state index in [1.165, 1.54) is 6.08 Å². The Morgan fingerprint density at radius 2 is 2.20 bits per heavy atom. The van der Waals surface area contributed by atoms with Crippen LogP contribution in [0, 0.1) is 0 Å². The fourth-order valence-corrected chi connectivity index (χ4v) is 1.94. The van der Waals surface area contributed by atoms with E-state index in [1.54, 1.807) is 18.5 Å². The first-order valence-electron chi connectivity index (χ1n) is 6.34. The summed E-state index contributed by atoms with van der Waals surface area (Å²) in [7, 11) is 0. The molecule has 1 aromatic heterocycles. The molecule has 1 aromatic carbocycles. The second-order valence-electron chi connectivity index (χ2n) is 4.29. The van der Waals surface area contributed by atoms with Gasteiger partial charge in [-0.1, -0.05) is 29.8 Å². The maximum Gasteiger partial charge on any atom is 0.244 e.